The van der Waals surface area contributed by atoms with Crippen LogP contribution in [0.4, 0.5) is 5.69 Å². The molecule has 0 bridgehead atoms. The molecule has 1 fully saturated rings. The summed E-state index contributed by atoms with van der Waals surface area (Å²) in [5.74, 6) is -1.90. The lowest BCUT2D eigenvalue weighted by molar-refractivity contribution is -0.142. The lowest BCUT2D eigenvalue weighted by Gasteiger charge is -2.32. The molecule has 194 valence electrons. The average molecular weight is 517 g/mol. The number of rotatable bonds is 10. The second-order valence-electron chi connectivity index (χ2n) is 9.18. The third-order valence-corrected chi connectivity index (χ3v) is 9.03. The minimum Gasteiger partial charge on any atom is -0.493 e. The normalized spacial score (nSPS) is 16.8. The Morgan fingerprint density at radius 3 is 2.58 bits per heavy atom. The van der Waals surface area contributed by atoms with Gasteiger partial charge >= 0.3 is 5.91 Å². The highest BCUT2D eigenvalue weighted by Crippen LogP contribution is 2.35. The van der Waals surface area contributed by atoms with Gasteiger partial charge in [-0.3, -0.25) is 14.8 Å². The van der Waals surface area contributed by atoms with Crippen LogP contribution in [-0.2, 0) is 25.8 Å². The lowest BCUT2D eigenvalue weighted by Crippen LogP contribution is -2.43. The summed E-state index contributed by atoms with van der Waals surface area (Å²) in [6.07, 6.45) is 5.50. The molecule has 0 spiro atoms. The van der Waals surface area contributed by atoms with Crippen molar-refractivity contribution in [2.24, 2.45) is 0 Å². The first kappa shape index (κ1) is 26.0. The van der Waals surface area contributed by atoms with Gasteiger partial charge in [-0.2, -0.15) is 0 Å². The van der Waals surface area contributed by atoms with Crippen molar-refractivity contribution in [2.45, 2.75) is 61.2 Å². The van der Waals surface area contributed by atoms with E-state index >= 15 is 0 Å². The number of nitrogens with zero attached hydrogens (tertiary/aromatic N) is 1. The maximum Gasteiger partial charge on any atom is 0.312 e. The van der Waals surface area contributed by atoms with Gasteiger partial charge in [0.1, 0.15) is 5.25 Å². The number of ether oxygens (including phenoxy) is 2. The van der Waals surface area contributed by atoms with Gasteiger partial charge < -0.3 is 14.4 Å². The Kier molecular flexibility index (Phi) is 8.15. The molecule has 36 heavy (non-hydrogen) atoms. The Morgan fingerprint density at radius 1 is 1.11 bits per heavy atom. The lowest BCUT2D eigenvalue weighted by atomic mass is 10.0. The van der Waals surface area contributed by atoms with Crippen molar-refractivity contribution in [3.05, 3.63) is 48.0 Å². The van der Waals surface area contributed by atoms with Crippen molar-refractivity contribution in [2.75, 3.05) is 25.1 Å². The van der Waals surface area contributed by atoms with E-state index in [9.17, 15) is 18.0 Å². The molecule has 1 unspecified atom stereocenters. The summed E-state index contributed by atoms with van der Waals surface area (Å²) in [6, 6.07) is 12.1. The van der Waals surface area contributed by atoms with E-state index in [0.717, 1.165) is 49.8 Å². The van der Waals surface area contributed by atoms with Gasteiger partial charge in [0.15, 0.2) is 21.3 Å². The largest absolute Gasteiger partial charge is 0.493 e. The number of nitrogens with one attached hydrogen (secondary N) is 1. The zero-order valence-electron chi connectivity index (χ0n) is 20.3. The SMILES string of the molecule is COc1ccc(S(=O)(=O)C(CCN2CCCc3ccccc32)C(=O)C(=O)NO)cc1OC1CCCC1. The number of ketones is 1. The van der Waals surface area contributed by atoms with Crippen molar-refractivity contribution in [3.8, 4) is 11.5 Å². The van der Waals surface area contributed by atoms with Crippen LogP contribution in [0.5, 0.6) is 11.5 Å². The van der Waals surface area contributed by atoms with Crippen LogP contribution < -0.4 is 19.9 Å². The van der Waals surface area contributed by atoms with Gasteiger partial charge in [0, 0.05) is 24.8 Å². The zero-order chi connectivity index (χ0) is 25.7. The standard InChI is InChI=1S/C26H32N2O7S/c1-34-22-13-12-20(17-23(22)35-19-9-3-4-10-19)36(32,33)24(25(29)26(30)27-31)14-16-28-15-6-8-18-7-2-5-11-21(18)28/h2,5,7,11-13,17,19,24,31H,3-4,6,8-10,14-16H2,1H3,(H,27,30). The van der Waals surface area contributed by atoms with Gasteiger partial charge in [0.05, 0.1) is 18.1 Å². The van der Waals surface area contributed by atoms with Crippen molar-refractivity contribution in [3.63, 3.8) is 0 Å². The quantitative estimate of drug-likeness (QED) is 0.281. The van der Waals surface area contributed by atoms with E-state index in [1.165, 1.54) is 30.8 Å². The minimum atomic E-state index is -4.30. The number of hydroxylamine groups is 1. The highest BCUT2D eigenvalue weighted by molar-refractivity contribution is 7.93. The Balaban J connectivity index is 1.63. The van der Waals surface area contributed by atoms with Gasteiger partial charge in [-0.15, -0.1) is 0 Å². The molecule has 1 heterocycles. The summed E-state index contributed by atoms with van der Waals surface area (Å²) in [5, 5.41) is 7.37. The number of benzene rings is 2. The second-order valence-corrected chi connectivity index (χ2v) is 11.3. The van der Waals surface area contributed by atoms with Crippen LogP contribution >= 0.6 is 0 Å². The van der Waals surface area contributed by atoms with Crippen LogP contribution in [0, 0.1) is 0 Å². The van der Waals surface area contributed by atoms with E-state index in [2.05, 4.69) is 0 Å². The molecule has 0 saturated heterocycles. The van der Waals surface area contributed by atoms with Crippen LogP contribution in [0.2, 0.25) is 0 Å². The average Bonchev–Trinajstić information content (AvgIpc) is 3.41. The van der Waals surface area contributed by atoms with Crippen LogP contribution in [0.25, 0.3) is 0 Å². The van der Waals surface area contributed by atoms with E-state index < -0.39 is 26.8 Å². The predicted octanol–water partition coefficient (Wildman–Crippen LogP) is 3.08. The molecule has 2 aromatic carbocycles. The molecule has 2 aromatic rings. The third-order valence-electron chi connectivity index (χ3n) is 6.92. The Labute approximate surface area is 211 Å². The number of amides is 1. The maximum atomic E-state index is 13.7. The van der Waals surface area contributed by atoms with E-state index in [1.807, 2.05) is 29.2 Å². The summed E-state index contributed by atoms with van der Waals surface area (Å²) in [5.41, 5.74) is 3.44. The Morgan fingerprint density at radius 2 is 1.86 bits per heavy atom. The first-order chi connectivity index (χ1) is 17.3. The van der Waals surface area contributed by atoms with Gasteiger partial charge in [0.25, 0.3) is 0 Å². The fourth-order valence-electron chi connectivity index (χ4n) is 5.02. The number of fused-ring (bicyclic) bond motifs is 1. The number of hydrogen-bond donors (Lipinski definition) is 2. The second kappa shape index (κ2) is 11.3. The Bertz CT molecular complexity index is 1210. The minimum absolute atomic E-state index is 0.0337. The number of sulfone groups is 1. The van der Waals surface area contributed by atoms with Crippen LogP contribution in [0.1, 0.15) is 44.1 Å². The third kappa shape index (κ3) is 5.49. The molecular formula is C26H32N2O7S. The highest BCUT2D eigenvalue weighted by atomic mass is 32.2. The number of carbonyl (C=O) groups is 2. The Hall–Kier alpha value is -3.11. The highest BCUT2D eigenvalue weighted by Gasteiger charge is 2.38. The zero-order valence-corrected chi connectivity index (χ0v) is 21.1. The molecule has 4 rings (SSSR count). The number of carbonyl (C=O) groups excluding carboxylic acids is 2. The molecule has 1 saturated carbocycles. The van der Waals surface area contributed by atoms with E-state index in [-0.39, 0.29) is 29.7 Å². The fourth-order valence-corrected chi connectivity index (χ4v) is 6.68. The molecule has 10 heteroatoms. The van der Waals surface area contributed by atoms with Crippen molar-refractivity contribution in [1.29, 1.82) is 0 Å². The van der Waals surface area contributed by atoms with E-state index in [1.54, 1.807) is 0 Å². The van der Waals surface area contributed by atoms with Gasteiger partial charge in [-0.05, 0) is 68.7 Å². The topological polar surface area (TPSA) is 122 Å². The molecule has 9 nitrogen and oxygen atoms in total. The summed E-state index contributed by atoms with van der Waals surface area (Å²) in [6.45, 7) is 0.971. The van der Waals surface area contributed by atoms with Gasteiger partial charge in [-0.25, -0.2) is 13.9 Å². The number of methoxy groups -OCH3 is 1. The number of hydrogen-bond acceptors (Lipinski definition) is 8. The predicted molar refractivity (Wildman–Crippen MR) is 133 cm³/mol. The first-order valence-corrected chi connectivity index (χ1v) is 13.8. The molecule has 1 amide bonds. The molecule has 0 radical (unpaired) electrons. The van der Waals surface area contributed by atoms with Crippen LogP contribution in [0.15, 0.2) is 47.4 Å². The summed E-state index contributed by atoms with van der Waals surface area (Å²) in [4.78, 5) is 26.8. The number of aryl methyl sites for hydroxylation is 1. The van der Waals surface area contributed by atoms with Crippen LogP contribution in [0.3, 0.4) is 0 Å². The number of para-hydroxylation sites is 1. The van der Waals surface area contributed by atoms with Crippen molar-refractivity contribution >= 4 is 27.2 Å². The molecule has 1 atom stereocenters. The smallest absolute Gasteiger partial charge is 0.312 e. The number of Topliss-reactive ketones (excluding diaryl/α,β-unsaturated/α-hetero) is 1. The molecule has 0 aromatic heterocycles. The van der Waals surface area contributed by atoms with Gasteiger partial charge in [-0.1, -0.05) is 18.2 Å². The van der Waals surface area contributed by atoms with Gasteiger partial charge in [0.2, 0.25) is 5.78 Å². The summed E-state index contributed by atoms with van der Waals surface area (Å²) < 4.78 is 38.8. The summed E-state index contributed by atoms with van der Waals surface area (Å²) >= 11 is 0. The number of anilines is 1. The fraction of sp³-hybridized carbons (Fsp3) is 0.462. The van der Waals surface area contributed by atoms with E-state index in [0.29, 0.717) is 12.3 Å². The molecule has 2 N–H and O–H groups in total. The van der Waals surface area contributed by atoms with Crippen molar-refractivity contribution in [1.82, 2.24) is 5.48 Å². The van der Waals surface area contributed by atoms with Crippen LogP contribution in [-0.4, -0.2) is 56.9 Å². The summed E-state index contributed by atoms with van der Waals surface area (Å²) in [7, 11) is -2.83. The molecular weight excluding hydrogens is 484 g/mol. The van der Waals surface area contributed by atoms with E-state index in [4.69, 9.17) is 14.7 Å². The maximum absolute atomic E-state index is 13.7. The molecule has 2 aliphatic rings. The molecule has 1 aliphatic carbocycles. The molecule has 1 aliphatic heterocycles. The first-order valence-electron chi connectivity index (χ1n) is 12.2. The monoisotopic (exact) mass is 516 g/mol. The van der Waals surface area contributed by atoms with Crippen molar-refractivity contribution < 1.29 is 32.7 Å².